The molecule has 0 aliphatic carbocycles. The Morgan fingerprint density at radius 3 is 2.59 bits per heavy atom. The Morgan fingerprint density at radius 1 is 1.16 bits per heavy atom. The van der Waals surface area contributed by atoms with Crippen molar-refractivity contribution >= 4 is 27.2 Å². The zero-order chi connectivity index (χ0) is 23.0. The minimum absolute atomic E-state index is 0.104. The topological polar surface area (TPSA) is 112 Å². The van der Waals surface area contributed by atoms with Gasteiger partial charge in [-0.2, -0.15) is 0 Å². The van der Waals surface area contributed by atoms with Crippen LogP contribution in [0.15, 0.2) is 59.6 Å². The van der Waals surface area contributed by atoms with Crippen molar-refractivity contribution in [2.75, 3.05) is 17.6 Å². The van der Waals surface area contributed by atoms with Gasteiger partial charge in [-0.3, -0.25) is 4.72 Å². The van der Waals surface area contributed by atoms with Crippen LogP contribution in [0.5, 0.6) is 5.75 Å². The summed E-state index contributed by atoms with van der Waals surface area (Å²) in [5.41, 5.74) is 8.37. The molecule has 0 atom stereocenters. The first-order valence-corrected chi connectivity index (χ1v) is 11.3. The number of benzene rings is 2. The monoisotopic (exact) mass is 455 g/mol. The molecule has 0 unspecified atom stereocenters. The van der Waals surface area contributed by atoms with Crippen LogP contribution >= 0.6 is 0 Å². The van der Waals surface area contributed by atoms with E-state index < -0.39 is 15.8 Å². The number of nitrogen functional groups attached to an aromatic ring is 1. The van der Waals surface area contributed by atoms with Crippen molar-refractivity contribution in [3.8, 4) is 17.0 Å². The number of hydrogen-bond donors (Lipinski definition) is 2. The summed E-state index contributed by atoms with van der Waals surface area (Å²) >= 11 is 0. The molecule has 0 spiro atoms. The summed E-state index contributed by atoms with van der Waals surface area (Å²) in [7, 11) is -2.78. The zero-order valence-electron chi connectivity index (χ0n) is 17.7. The number of rotatable bonds is 6. The lowest BCUT2D eigenvalue weighted by Crippen LogP contribution is -2.15. The molecule has 2 heterocycles. The van der Waals surface area contributed by atoms with Crippen molar-refractivity contribution in [1.82, 2.24) is 14.6 Å². The van der Waals surface area contributed by atoms with Gasteiger partial charge in [-0.15, -0.1) is 5.10 Å². The van der Waals surface area contributed by atoms with Crippen molar-refractivity contribution < 1.29 is 17.5 Å². The third-order valence-corrected chi connectivity index (χ3v) is 6.38. The predicted molar refractivity (Wildman–Crippen MR) is 121 cm³/mol. The fourth-order valence-corrected chi connectivity index (χ4v) is 4.73. The van der Waals surface area contributed by atoms with Gasteiger partial charge >= 0.3 is 0 Å². The molecular weight excluding hydrogens is 433 g/mol. The maximum atomic E-state index is 14.0. The summed E-state index contributed by atoms with van der Waals surface area (Å²) in [6.07, 6.45) is 1.72. The van der Waals surface area contributed by atoms with Gasteiger partial charge in [0.15, 0.2) is 11.5 Å². The summed E-state index contributed by atoms with van der Waals surface area (Å²) in [5, 5.41) is 4.28. The van der Waals surface area contributed by atoms with Crippen LogP contribution < -0.4 is 15.2 Å². The Morgan fingerprint density at radius 2 is 1.91 bits per heavy atom. The number of halogens is 1. The standard InChI is InChI=1S/C22H22FN5O3S/c1-13(2)20-21(24)26-28-11-10-16(25-22(20)28)14-8-9-18(31-3)19(12-14)32(29,30)27-17-7-5-4-6-15(17)23/h4-13,27H,1-3H3,(H2,24,26). The highest BCUT2D eigenvalue weighted by Gasteiger charge is 2.23. The Labute approximate surface area is 184 Å². The molecule has 32 heavy (non-hydrogen) atoms. The zero-order valence-corrected chi connectivity index (χ0v) is 18.5. The lowest BCUT2D eigenvalue weighted by Gasteiger charge is -2.13. The molecule has 4 aromatic rings. The molecule has 166 valence electrons. The van der Waals surface area contributed by atoms with Gasteiger partial charge in [0.25, 0.3) is 10.0 Å². The molecule has 0 saturated carbocycles. The first-order chi connectivity index (χ1) is 15.2. The number of methoxy groups -OCH3 is 1. The van der Waals surface area contributed by atoms with Gasteiger partial charge in [0.1, 0.15) is 16.5 Å². The molecule has 0 bridgehead atoms. The van der Waals surface area contributed by atoms with Gasteiger partial charge in [0, 0.05) is 17.3 Å². The Bertz CT molecular complexity index is 1420. The normalized spacial score (nSPS) is 11.8. The third kappa shape index (κ3) is 3.84. The van der Waals surface area contributed by atoms with Gasteiger partial charge in [0.05, 0.1) is 18.5 Å². The molecule has 8 nitrogen and oxygen atoms in total. The molecule has 2 aromatic carbocycles. The first-order valence-electron chi connectivity index (χ1n) is 9.82. The van der Waals surface area contributed by atoms with Crippen molar-refractivity contribution in [2.24, 2.45) is 0 Å². The minimum atomic E-state index is -4.15. The van der Waals surface area contributed by atoms with Crippen LogP contribution in [0, 0.1) is 5.82 Å². The third-order valence-electron chi connectivity index (χ3n) is 4.99. The Balaban J connectivity index is 1.82. The molecule has 3 N–H and O–H groups in total. The highest BCUT2D eigenvalue weighted by molar-refractivity contribution is 7.92. The average molecular weight is 456 g/mol. The van der Waals surface area contributed by atoms with E-state index in [2.05, 4.69) is 14.8 Å². The van der Waals surface area contributed by atoms with Crippen LogP contribution in [0.3, 0.4) is 0 Å². The van der Waals surface area contributed by atoms with E-state index in [0.29, 0.717) is 22.7 Å². The number of nitrogens with zero attached hydrogens (tertiary/aromatic N) is 3. The molecule has 0 aliphatic rings. The van der Waals surface area contributed by atoms with Gasteiger partial charge in [-0.05, 0) is 42.3 Å². The van der Waals surface area contributed by atoms with Gasteiger partial charge < -0.3 is 10.5 Å². The Kier molecular flexibility index (Phi) is 5.47. The number of aromatic nitrogens is 3. The molecule has 0 aliphatic heterocycles. The van der Waals surface area contributed by atoms with Crippen molar-refractivity contribution in [2.45, 2.75) is 24.7 Å². The molecule has 0 amide bonds. The first kappa shape index (κ1) is 21.6. The maximum Gasteiger partial charge on any atom is 0.265 e. The van der Waals surface area contributed by atoms with Gasteiger partial charge in [0.2, 0.25) is 0 Å². The van der Waals surface area contributed by atoms with Gasteiger partial charge in [-0.1, -0.05) is 26.0 Å². The summed E-state index contributed by atoms with van der Waals surface area (Å²) in [4.78, 5) is 4.53. The van der Waals surface area contributed by atoms with Crippen LogP contribution in [-0.2, 0) is 10.0 Å². The smallest absolute Gasteiger partial charge is 0.265 e. The van der Waals surface area contributed by atoms with Crippen LogP contribution in [0.1, 0.15) is 25.3 Å². The number of sulfonamides is 1. The highest BCUT2D eigenvalue weighted by Crippen LogP contribution is 2.32. The number of nitrogens with one attached hydrogen (secondary N) is 1. The van der Waals surface area contributed by atoms with E-state index in [1.54, 1.807) is 22.8 Å². The summed E-state index contributed by atoms with van der Waals surface area (Å²) < 4.78 is 49.3. The van der Waals surface area contributed by atoms with E-state index in [0.717, 1.165) is 5.56 Å². The fraction of sp³-hybridized carbons (Fsp3) is 0.182. The van der Waals surface area contributed by atoms with Crippen molar-refractivity contribution in [3.05, 3.63) is 66.1 Å². The Hall–Kier alpha value is -3.66. The second kappa shape index (κ2) is 8.12. The molecule has 0 radical (unpaired) electrons. The van der Waals surface area contributed by atoms with Crippen LogP contribution in [0.25, 0.3) is 16.9 Å². The lowest BCUT2D eigenvalue weighted by atomic mass is 10.1. The predicted octanol–water partition coefficient (Wildman–Crippen LogP) is 4.05. The van der Waals surface area contributed by atoms with E-state index in [1.165, 1.54) is 43.5 Å². The molecule has 4 rings (SSSR count). The SMILES string of the molecule is COc1ccc(-c2ccn3nc(N)c(C(C)C)c3n2)cc1S(=O)(=O)Nc1ccccc1F. The number of fused-ring (bicyclic) bond motifs is 1. The van der Waals surface area contributed by atoms with Crippen LogP contribution in [0.2, 0.25) is 0 Å². The van der Waals surface area contributed by atoms with E-state index in [-0.39, 0.29) is 22.3 Å². The molecule has 0 saturated heterocycles. The molecule has 2 aromatic heterocycles. The number of para-hydroxylation sites is 1. The summed E-state index contributed by atoms with van der Waals surface area (Å²) in [6.45, 7) is 3.99. The number of ether oxygens (including phenoxy) is 1. The maximum absolute atomic E-state index is 14.0. The van der Waals surface area contributed by atoms with Crippen LogP contribution in [0.4, 0.5) is 15.9 Å². The van der Waals surface area contributed by atoms with Crippen molar-refractivity contribution in [1.29, 1.82) is 0 Å². The minimum Gasteiger partial charge on any atom is -0.495 e. The van der Waals surface area contributed by atoms with E-state index in [1.807, 2.05) is 13.8 Å². The quantitative estimate of drug-likeness (QED) is 0.454. The molecule has 0 fully saturated rings. The van der Waals surface area contributed by atoms with Crippen LogP contribution in [-0.4, -0.2) is 30.1 Å². The lowest BCUT2D eigenvalue weighted by molar-refractivity contribution is 0.403. The van der Waals surface area contributed by atoms with Crippen molar-refractivity contribution in [3.63, 3.8) is 0 Å². The van der Waals surface area contributed by atoms with E-state index in [9.17, 15) is 12.8 Å². The van der Waals surface area contributed by atoms with E-state index >= 15 is 0 Å². The summed E-state index contributed by atoms with van der Waals surface area (Å²) in [5.74, 6) is -0.0586. The van der Waals surface area contributed by atoms with E-state index in [4.69, 9.17) is 10.5 Å². The molecular formula is C22H22FN5O3S. The molecule has 10 heteroatoms. The second-order valence-electron chi connectivity index (χ2n) is 7.49. The highest BCUT2D eigenvalue weighted by atomic mass is 32.2. The number of anilines is 2. The summed E-state index contributed by atoms with van der Waals surface area (Å²) in [6, 6.07) is 11.9. The van der Waals surface area contributed by atoms with Gasteiger partial charge in [-0.25, -0.2) is 22.3 Å². The largest absolute Gasteiger partial charge is 0.495 e. The second-order valence-corrected chi connectivity index (χ2v) is 9.14. The number of nitrogens with two attached hydrogens (primary N) is 1. The average Bonchev–Trinajstić information content (AvgIpc) is 3.09. The number of hydrogen-bond acceptors (Lipinski definition) is 6. The fourth-order valence-electron chi connectivity index (χ4n) is 3.47.